The SMILES string of the molecule is COc1cccc(C[C@H]2CCCN2CCCC#N)c1. The molecule has 1 aliphatic rings. The summed E-state index contributed by atoms with van der Waals surface area (Å²) in [5.74, 6) is 0.937. The van der Waals surface area contributed by atoms with Gasteiger partial charge in [0, 0.05) is 12.5 Å². The zero-order valence-electron chi connectivity index (χ0n) is 11.6. The Hall–Kier alpha value is -1.53. The summed E-state index contributed by atoms with van der Waals surface area (Å²) in [7, 11) is 1.71. The highest BCUT2D eigenvalue weighted by Crippen LogP contribution is 2.23. The first-order chi connectivity index (χ1) is 9.33. The number of hydrogen-bond acceptors (Lipinski definition) is 3. The first kappa shape index (κ1) is 13.9. The molecule has 1 fully saturated rings. The number of hydrogen-bond donors (Lipinski definition) is 0. The predicted octanol–water partition coefficient (Wildman–Crippen LogP) is 3.01. The van der Waals surface area contributed by atoms with Crippen molar-refractivity contribution >= 4 is 0 Å². The van der Waals surface area contributed by atoms with E-state index < -0.39 is 0 Å². The monoisotopic (exact) mass is 258 g/mol. The van der Waals surface area contributed by atoms with E-state index in [1.165, 1.54) is 24.9 Å². The van der Waals surface area contributed by atoms with E-state index in [-0.39, 0.29) is 0 Å². The van der Waals surface area contributed by atoms with E-state index in [1.807, 2.05) is 6.07 Å². The fraction of sp³-hybridized carbons (Fsp3) is 0.562. The Labute approximate surface area is 115 Å². The van der Waals surface area contributed by atoms with Crippen molar-refractivity contribution in [3.63, 3.8) is 0 Å². The minimum absolute atomic E-state index is 0.630. The maximum atomic E-state index is 8.62. The Morgan fingerprint density at radius 2 is 2.37 bits per heavy atom. The molecule has 2 rings (SSSR count). The minimum Gasteiger partial charge on any atom is -0.497 e. The Kier molecular flexibility index (Phi) is 5.23. The van der Waals surface area contributed by atoms with Gasteiger partial charge in [-0.25, -0.2) is 0 Å². The molecule has 1 heterocycles. The van der Waals surface area contributed by atoms with Crippen LogP contribution in [0.15, 0.2) is 24.3 Å². The Balaban J connectivity index is 1.91. The Morgan fingerprint density at radius 1 is 1.47 bits per heavy atom. The van der Waals surface area contributed by atoms with Crippen molar-refractivity contribution in [2.24, 2.45) is 0 Å². The van der Waals surface area contributed by atoms with E-state index in [1.54, 1.807) is 7.11 Å². The van der Waals surface area contributed by atoms with E-state index >= 15 is 0 Å². The summed E-state index contributed by atoms with van der Waals surface area (Å²) < 4.78 is 5.28. The van der Waals surface area contributed by atoms with Crippen LogP contribution in [-0.4, -0.2) is 31.1 Å². The van der Waals surface area contributed by atoms with Crippen LogP contribution in [0.1, 0.15) is 31.2 Å². The van der Waals surface area contributed by atoms with Crippen LogP contribution in [0, 0.1) is 11.3 Å². The molecule has 0 unspecified atom stereocenters. The molecule has 102 valence electrons. The summed E-state index contributed by atoms with van der Waals surface area (Å²) in [6, 6.07) is 11.2. The number of benzene rings is 1. The number of nitrogens with zero attached hydrogens (tertiary/aromatic N) is 2. The second-order valence-corrected chi connectivity index (χ2v) is 5.15. The van der Waals surface area contributed by atoms with Gasteiger partial charge in [0.05, 0.1) is 13.2 Å². The molecule has 3 heteroatoms. The van der Waals surface area contributed by atoms with E-state index in [9.17, 15) is 0 Å². The highest BCUT2D eigenvalue weighted by Gasteiger charge is 2.23. The molecule has 3 nitrogen and oxygen atoms in total. The minimum atomic E-state index is 0.630. The smallest absolute Gasteiger partial charge is 0.119 e. The molecule has 1 saturated heterocycles. The van der Waals surface area contributed by atoms with Crippen molar-refractivity contribution in [2.75, 3.05) is 20.2 Å². The van der Waals surface area contributed by atoms with Crippen LogP contribution < -0.4 is 4.74 Å². The van der Waals surface area contributed by atoms with Crippen molar-refractivity contribution in [2.45, 2.75) is 38.1 Å². The lowest BCUT2D eigenvalue weighted by Gasteiger charge is -2.24. The first-order valence-corrected chi connectivity index (χ1v) is 7.07. The van der Waals surface area contributed by atoms with Crippen molar-refractivity contribution in [3.05, 3.63) is 29.8 Å². The normalized spacial score (nSPS) is 19.3. The average molecular weight is 258 g/mol. The van der Waals surface area contributed by atoms with E-state index in [4.69, 9.17) is 10.00 Å². The van der Waals surface area contributed by atoms with Crippen LogP contribution in [0.2, 0.25) is 0 Å². The van der Waals surface area contributed by atoms with Gasteiger partial charge in [-0.15, -0.1) is 0 Å². The lowest BCUT2D eigenvalue weighted by Crippen LogP contribution is -2.32. The van der Waals surface area contributed by atoms with Crippen molar-refractivity contribution < 1.29 is 4.74 Å². The zero-order chi connectivity index (χ0) is 13.5. The average Bonchev–Trinajstić information content (AvgIpc) is 2.87. The molecule has 0 aromatic heterocycles. The molecule has 0 aliphatic carbocycles. The Morgan fingerprint density at radius 3 is 3.16 bits per heavy atom. The van der Waals surface area contributed by atoms with Gasteiger partial charge in [0.1, 0.15) is 5.75 Å². The lowest BCUT2D eigenvalue weighted by molar-refractivity contribution is 0.250. The molecule has 0 radical (unpaired) electrons. The van der Waals surface area contributed by atoms with Crippen LogP contribution in [0.5, 0.6) is 5.75 Å². The zero-order valence-corrected chi connectivity index (χ0v) is 11.6. The number of likely N-dealkylation sites (tertiary alicyclic amines) is 1. The van der Waals surface area contributed by atoms with Crippen molar-refractivity contribution in [1.29, 1.82) is 5.26 Å². The number of rotatable bonds is 6. The van der Waals surface area contributed by atoms with Gasteiger partial charge in [-0.1, -0.05) is 12.1 Å². The summed E-state index contributed by atoms with van der Waals surface area (Å²) >= 11 is 0. The molecule has 19 heavy (non-hydrogen) atoms. The highest BCUT2D eigenvalue weighted by atomic mass is 16.5. The molecular formula is C16H22N2O. The van der Waals surface area contributed by atoms with Crippen LogP contribution in [0.25, 0.3) is 0 Å². The van der Waals surface area contributed by atoms with Crippen LogP contribution >= 0.6 is 0 Å². The predicted molar refractivity (Wildman–Crippen MR) is 76.1 cm³/mol. The largest absolute Gasteiger partial charge is 0.497 e. The van der Waals surface area contributed by atoms with Gasteiger partial charge in [0.2, 0.25) is 0 Å². The summed E-state index contributed by atoms with van der Waals surface area (Å²) in [6.45, 7) is 2.24. The second kappa shape index (κ2) is 7.16. The standard InChI is InChI=1S/C16H22N2O/c1-19-16-8-4-6-14(13-16)12-15-7-5-11-18(15)10-3-2-9-17/h4,6,8,13,15H,2-3,5,7,10-12H2,1H3/t15-/m1/s1. The maximum absolute atomic E-state index is 8.62. The van der Waals surface area contributed by atoms with Gasteiger partial charge in [0.25, 0.3) is 0 Å². The third-order valence-corrected chi connectivity index (χ3v) is 3.84. The van der Waals surface area contributed by atoms with E-state index in [0.717, 1.165) is 25.1 Å². The molecule has 1 atom stereocenters. The number of methoxy groups -OCH3 is 1. The van der Waals surface area contributed by atoms with E-state index in [2.05, 4.69) is 29.2 Å². The summed E-state index contributed by atoms with van der Waals surface area (Å²) in [5, 5.41) is 8.62. The highest BCUT2D eigenvalue weighted by molar-refractivity contribution is 5.29. The third-order valence-electron chi connectivity index (χ3n) is 3.84. The molecule has 0 spiro atoms. The Bertz CT molecular complexity index is 439. The topological polar surface area (TPSA) is 36.3 Å². The van der Waals surface area contributed by atoms with Gasteiger partial charge in [-0.3, -0.25) is 0 Å². The number of ether oxygens (including phenoxy) is 1. The van der Waals surface area contributed by atoms with Gasteiger partial charge in [-0.2, -0.15) is 5.26 Å². The maximum Gasteiger partial charge on any atom is 0.119 e. The van der Waals surface area contributed by atoms with Gasteiger partial charge in [0.15, 0.2) is 0 Å². The van der Waals surface area contributed by atoms with Crippen LogP contribution in [-0.2, 0) is 6.42 Å². The van der Waals surface area contributed by atoms with Gasteiger partial charge >= 0.3 is 0 Å². The third kappa shape index (κ3) is 3.97. The summed E-state index contributed by atoms with van der Waals surface area (Å²) in [5.41, 5.74) is 1.34. The summed E-state index contributed by atoms with van der Waals surface area (Å²) in [4.78, 5) is 2.54. The fourth-order valence-corrected chi connectivity index (χ4v) is 2.85. The molecule has 1 aliphatic heterocycles. The molecule has 0 N–H and O–H groups in total. The van der Waals surface area contributed by atoms with E-state index in [0.29, 0.717) is 12.5 Å². The van der Waals surface area contributed by atoms with Gasteiger partial charge in [-0.05, 0) is 56.5 Å². The molecule has 0 bridgehead atoms. The first-order valence-electron chi connectivity index (χ1n) is 7.07. The molecule has 1 aromatic carbocycles. The lowest BCUT2D eigenvalue weighted by atomic mass is 10.0. The fourth-order valence-electron chi connectivity index (χ4n) is 2.85. The molecule has 0 amide bonds. The second-order valence-electron chi connectivity index (χ2n) is 5.15. The number of nitriles is 1. The van der Waals surface area contributed by atoms with Gasteiger partial charge < -0.3 is 9.64 Å². The van der Waals surface area contributed by atoms with Crippen LogP contribution in [0.3, 0.4) is 0 Å². The molecule has 0 saturated carbocycles. The quantitative estimate of drug-likeness (QED) is 0.736. The number of unbranched alkanes of at least 4 members (excludes halogenated alkanes) is 1. The molecular weight excluding hydrogens is 236 g/mol. The van der Waals surface area contributed by atoms with Crippen molar-refractivity contribution in [1.82, 2.24) is 4.90 Å². The van der Waals surface area contributed by atoms with Crippen LogP contribution in [0.4, 0.5) is 0 Å². The van der Waals surface area contributed by atoms with Crippen molar-refractivity contribution in [3.8, 4) is 11.8 Å². The molecule has 1 aromatic rings. The summed E-state index contributed by atoms with van der Waals surface area (Å²) in [6.07, 6.45) is 5.29.